The maximum atomic E-state index is 11.7. The van der Waals surface area contributed by atoms with Crippen LogP contribution >= 0.6 is 12.4 Å². The summed E-state index contributed by atoms with van der Waals surface area (Å²) in [5, 5.41) is 2.62. The molecule has 112 valence electrons. The lowest BCUT2D eigenvalue weighted by atomic mass is 10.1. The van der Waals surface area contributed by atoms with Gasteiger partial charge in [-0.25, -0.2) is 4.79 Å². The van der Waals surface area contributed by atoms with Crippen LogP contribution in [0.5, 0.6) is 0 Å². The SMILES string of the molecule is COCC(N)C(=O)Nc1ccc(C)c(C(=O)OC)c1.Cl. The Morgan fingerprint density at radius 1 is 1.35 bits per heavy atom. The van der Waals surface area contributed by atoms with Crippen molar-refractivity contribution >= 4 is 30.0 Å². The average Bonchev–Trinajstić information content (AvgIpc) is 2.40. The first-order valence-electron chi connectivity index (χ1n) is 5.74. The molecule has 1 rings (SSSR count). The van der Waals surface area contributed by atoms with Gasteiger partial charge in [0.1, 0.15) is 6.04 Å². The number of benzene rings is 1. The third kappa shape index (κ3) is 4.80. The fraction of sp³-hybridized carbons (Fsp3) is 0.385. The maximum Gasteiger partial charge on any atom is 0.338 e. The van der Waals surface area contributed by atoms with Gasteiger partial charge in [-0.1, -0.05) is 6.07 Å². The third-order valence-electron chi connectivity index (χ3n) is 2.59. The molecule has 0 spiro atoms. The van der Waals surface area contributed by atoms with E-state index in [9.17, 15) is 9.59 Å². The van der Waals surface area contributed by atoms with E-state index in [1.807, 2.05) is 0 Å². The number of anilines is 1. The zero-order valence-electron chi connectivity index (χ0n) is 11.6. The number of hydrogen-bond donors (Lipinski definition) is 2. The number of nitrogens with one attached hydrogen (secondary N) is 1. The van der Waals surface area contributed by atoms with E-state index in [1.165, 1.54) is 14.2 Å². The van der Waals surface area contributed by atoms with Crippen LogP contribution < -0.4 is 11.1 Å². The lowest BCUT2D eigenvalue weighted by molar-refractivity contribution is -0.118. The molecule has 1 aromatic rings. The molecular weight excluding hydrogens is 284 g/mol. The highest BCUT2D eigenvalue weighted by Gasteiger charge is 2.15. The number of halogens is 1. The second-order valence-corrected chi connectivity index (χ2v) is 4.07. The van der Waals surface area contributed by atoms with E-state index in [0.29, 0.717) is 11.3 Å². The van der Waals surface area contributed by atoms with E-state index in [-0.39, 0.29) is 24.9 Å². The summed E-state index contributed by atoms with van der Waals surface area (Å²) < 4.78 is 9.47. The Hall–Kier alpha value is -1.63. The van der Waals surface area contributed by atoms with Crippen molar-refractivity contribution in [1.82, 2.24) is 0 Å². The monoisotopic (exact) mass is 302 g/mol. The van der Waals surface area contributed by atoms with E-state index < -0.39 is 12.0 Å². The molecule has 6 nitrogen and oxygen atoms in total. The molecule has 7 heteroatoms. The molecule has 0 bridgehead atoms. The first-order chi connectivity index (χ1) is 8.99. The number of aryl methyl sites for hydroxylation is 1. The number of carbonyl (C=O) groups excluding carboxylic acids is 2. The second-order valence-electron chi connectivity index (χ2n) is 4.07. The molecular formula is C13H19ClN2O4. The van der Waals surface area contributed by atoms with E-state index >= 15 is 0 Å². The minimum atomic E-state index is -0.757. The van der Waals surface area contributed by atoms with Crippen LogP contribution in [0.4, 0.5) is 5.69 Å². The van der Waals surface area contributed by atoms with Crippen LogP contribution in [0.1, 0.15) is 15.9 Å². The number of hydrogen-bond acceptors (Lipinski definition) is 5. The number of methoxy groups -OCH3 is 2. The molecule has 0 aliphatic heterocycles. The van der Waals surface area contributed by atoms with E-state index in [2.05, 4.69) is 10.1 Å². The van der Waals surface area contributed by atoms with Crippen LogP contribution in [0.3, 0.4) is 0 Å². The number of ether oxygens (including phenoxy) is 2. The van der Waals surface area contributed by atoms with E-state index in [4.69, 9.17) is 10.5 Å². The summed E-state index contributed by atoms with van der Waals surface area (Å²) in [5.41, 5.74) is 7.26. The molecule has 1 atom stereocenters. The van der Waals surface area contributed by atoms with Crippen LogP contribution in [-0.2, 0) is 14.3 Å². The van der Waals surface area contributed by atoms with Crippen molar-refractivity contribution in [3.05, 3.63) is 29.3 Å². The summed E-state index contributed by atoms with van der Waals surface area (Å²) in [6.45, 7) is 1.91. The summed E-state index contributed by atoms with van der Waals surface area (Å²) >= 11 is 0. The van der Waals surface area contributed by atoms with Crippen LogP contribution in [0.25, 0.3) is 0 Å². The van der Waals surface area contributed by atoms with Crippen molar-refractivity contribution in [3.8, 4) is 0 Å². The molecule has 0 fully saturated rings. The van der Waals surface area contributed by atoms with Crippen LogP contribution in [-0.4, -0.2) is 38.7 Å². The molecule has 0 saturated heterocycles. The Kier molecular flexibility index (Phi) is 7.83. The van der Waals surface area contributed by atoms with Gasteiger partial charge in [0.2, 0.25) is 5.91 Å². The third-order valence-corrected chi connectivity index (χ3v) is 2.59. The highest BCUT2D eigenvalue weighted by atomic mass is 35.5. The number of rotatable bonds is 5. The Balaban J connectivity index is 0.00000361. The second kappa shape index (κ2) is 8.52. The molecule has 0 heterocycles. The fourth-order valence-corrected chi connectivity index (χ4v) is 1.52. The van der Waals surface area contributed by atoms with Crippen molar-refractivity contribution in [2.45, 2.75) is 13.0 Å². The minimum Gasteiger partial charge on any atom is -0.465 e. The quantitative estimate of drug-likeness (QED) is 0.795. The zero-order valence-corrected chi connectivity index (χ0v) is 12.5. The molecule has 1 aromatic carbocycles. The Morgan fingerprint density at radius 2 is 2.00 bits per heavy atom. The first-order valence-corrected chi connectivity index (χ1v) is 5.74. The normalized spacial score (nSPS) is 11.2. The van der Waals surface area contributed by atoms with Gasteiger partial charge in [-0.15, -0.1) is 12.4 Å². The number of carbonyl (C=O) groups is 2. The van der Waals surface area contributed by atoms with Gasteiger partial charge in [0.25, 0.3) is 0 Å². The average molecular weight is 303 g/mol. The van der Waals surface area contributed by atoms with Crippen molar-refractivity contribution < 1.29 is 19.1 Å². The molecule has 1 amide bonds. The van der Waals surface area contributed by atoms with Crippen molar-refractivity contribution in [2.24, 2.45) is 5.73 Å². The Morgan fingerprint density at radius 3 is 2.55 bits per heavy atom. The van der Waals surface area contributed by atoms with Crippen molar-refractivity contribution in [3.63, 3.8) is 0 Å². The molecule has 0 radical (unpaired) electrons. The number of nitrogens with two attached hydrogens (primary N) is 1. The summed E-state index contributed by atoms with van der Waals surface area (Å²) in [5.74, 6) is -0.823. The number of esters is 1. The summed E-state index contributed by atoms with van der Waals surface area (Å²) in [6.07, 6.45) is 0. The Labute approximate surface area is 124 Å². The summed E-state index contributed by atoms with van der Waals surface area (Å²) in [4.78, 5) is 23.2. The molecule has 0 aromatic heterocycles. The molecule has 0 saturated carbocycles. The molecule has 1 unspecified atom stereocenters. The van der Waals surface area contributed by atoms with Gasteiger partial charge < -0.3 is 20.5 Å². The lowest BCUT2D eigenvalue weighted by Gasteiger charge is -2.12. The highest BCUT2D eigenvalue weighted by Crippen LogP contribution is 2.16. The van der Waals surface area contributed by atoms with Gasteiger partial charge in [-0.3, -0.25) is 4.79 Å². The molecule has 20 heavy (non-hydrogen) atoms. The predicted molar refractivity (Wildman–Crippen MR) is 78.2 cm³/mol. The first kappa shape index (κ1) is 18.4. The summed E-state index contributed by atoms with van der Waals surface area (Å²) in [6, 6.07) is 4.22. The van der Waals surface area contributed by atoms with Crippen LogP contribution in [0.15, 0.2) is 18.2 Å². The smallest absolute Gasteiger partial charge is 0.338 e. The van der Waals surface area contributed by atoms with Gasteiger partial charge in [0.15, 0.2) is 0 Å². The predicted octanol–water partition coefficient (Wildman–Crippen LogP) is 1.12. The standard InChI is InChI=1S/C13H18N2O4.ClH/c1-8-4-5-9(6-10(8)13(17)19-3)15-12(16)11(14)7-18-2;/h4-6,11H,7,14H2,1-3H3,(H,15,16);1H. The molecule has 0 aliphatic carbocycles. The lowest BCUT2D eigenvalue weighted by Crippen LogP contribution is -2.39. The van der Waals surface area contributed by atoms with Gasteiger partial charge in [0, 0.05) is 12.8 Å². The van der Waals surface area contributed by atoms with Gasteiger partial charge in [-0.2, -0.15) is 0 Å². The van der Waals surface area contributed by atoms with E-state index in [0.717, 1.165) is 5.56 Å². The molecule has 3 N–H and O–H groups in total. The maximum absolute atomic E-state index is 11.7. The molecule has 0 aliphatic rings. The van der Waals surface area contributed by atoms with Crippen LogP contribution in [0.2, 0.25) is 0 Å². The van der Waals surface area contributed by atoms with Gasteiger partial charge >= 0.3 is 5.97 Å². The van der Waals surface area contributed by atoms with E-state index in [1.54, 1.807) is 25.1 Å². The zero-order chi connectivity index (χ0) is 14.4. The number of amides is 1. The van der Waals surface area contributed by atoms with Crippen molar-refractivity contribution in [2.75, 3.05) is 26.1 Å². The summed E-state index contributed by atoms with van der Waals surface area (Å²) in [7, 11) is 2.77. The van der Waals surface area contributed by atoms with Gasteiger partial charge in [0.05, 0.1) is 19.3 Å². The van der Waals surface area contributed by atoms with Crippen LogP contribution in [0, 0.1) is 6.92 Å². The Bertz CT molecular complexity index is 479. The largest absolute Gasteiger partial charge is 0.465 e. The van der Waals surface area contributed by atoms with Crippen molar-refractivity contribution in [1.29, 1.82) is 0 Å². The van der Waals surface area contributed by atoms with Gasteiger partial charge in [-0.05, 0) is 24.6 Å². The highest BCUT2D eigenvalue weighted by molar-refractivity contribution is 5.97. The minimum absolute atomic E-state index is 0. The fourth-order valence-electron chi connectivity index (χ4n) is 1.52. The topological polar surface area (TPSA) is 90.6 Å².